The van der Waals surface area contributed by atoms with Crippen LogP contribution in [0.25, 0.3) is 0 Å². The van der Waals surface area contributed by atoms with Crippen molar-refractivity contribution in [3.63, 3.8) is 0 Å². The van der Waals surface area contributed by atoms with Crippen LogP contribution in [0.1, 0.15) is 36.1 Å². The second kappa shape index (κ2) is 6.56. The van der Waals surface area contributed by atoms with Crippen molar-refractivity contribution in [3.8, 4) is 0 Å². The number of halogens is 2. The van der Waals surface area contributed by atoms with E-state index in [1.54, 1.807) is 0 Å². The summed E-state index contributed by atoms with van der Waals surface area (Å²) < 4.78 is 0.954. The van der Waals surface area contributed by atoms with Crippen LogP contribution in [0, 0.1) is 0 Å². The smallest absolute Gasteiger partial charge is 0.0552 e. The summed E-state index contributed by atoms with van der Waals surface area (Å²) in [5.41, 5.74) is 9.82. The van der Waals surface area contributed by atoms with Crippen molar-refractivity contribution >= 4 is 27.5 Å². The van der Waals surface area contributed by atoms with Crippen molar-refractivity contribution < 1.29 is 0 Å². The molecule has 0 amide bonds. The molecule has 0 heterocycles. The summed E-state index contributed by atoms with van der Waals surface area (Å²) >= 11 is 9.53. The molecular weight excluding hydrogens is 322 g/mol. The van der Waals surface area contributed by atoms with Gasteiger partial charge in [0.15, 0.2) is 0 Å². The maximum atomic E-state index is 6.34. The average Bonchev–Trinajstić information content (AvgIpc) is 2.37. The Kier molecular flexibility index (Phi) is 5.03. The Hall–Kier alpha value is -0.830. The molecule has 0 saturated heterocycles. The summed E-state index contributed by atoms with van der Waals surface area (Å²) in [6.07, 6.45) is 2.22. The fourth-order valence-corrected chi connectivity index (χ4v) is 3.06. The highest BCUT2D eigenvalue weighted by Crippen LogP contribution is 2.27. The Balaban J connectivity index is 2.32. The predicted octanol–water partition coefficient (Wildman–Crippen LogP) is 5.10. The Morgan fingerprint density at radius 1 is 1.16 bits per heavy atom. The summed E-state index contributed by atoms with van der Waals surface area (Å²) in [5.74, 6) is 0. The molecule has 0 aromatic heterocycles. The molecule has 0 saturated carbocycles. The van der Waals surface area contributed by atoms with Crippen molar-refractivity contribution in [1.29, 1.82) is 0 Å². The lowest BCUT2D eigenvalue weighted by Crippen LogP contribution is -2.12. The standard InChI is InChI=1S/C16H17BrClN/c1-2-4-11-5-3-6-12(7-11)16(19)13-8-14(17)10-15(18)9-13/h3,5-10,16H,2,4,19H2,1H3. The van der Waals surface area contributed by atoms with E-state index in [1.165, 1.54) is 5.56 Å². The van der Waals surface area contributed by atoms with Gasteiger partial charge in [-0.1, -0.05) is 65.1 Å². The minimum absolute atomic E-state index is 0.146. The first-order valence-electron chi connectivity index (χ1n) is 6.40. The molecule has 3 heteroatoms. The highest BCUT2D eigenvalue weighted by atomic mass is 79.9. The van der Waals surface area contributed by atoms with Crippen molar-refractivity contribution in [2.75, 3.05) is 0 Å². The molecule has 1 nitrogen and oxygen atoms in total. The van der Waals surface area contributed by atoms with Crippen molar-refractivity contribution in [3.05, 3.63) is 68.7 Å². The summed E-state index contributed by atoms with van der Waals surface area (Å²) in [6.45, 7) is 2.18. The maximum Gasteiger partial charge on any atom is 0.0552 e. The van der Waals surface area contributed by atoms with Crippen LogP contribution in [0.3, 0.4) is 0 Å². The van der Waals surface area contributed by atoms with Crippen LogP contribution in [0.5, 0.6) is 0 Å². The Morgan fingerprint density at radius 3 is 2.63 bits per heavy atom. The Bertz CT molecular complexity index is 548. The monoisotopic (exact) mass is 337 g/mol. The fourth-order valence-electron chi connectivity index (χ4n) is 2.18. The van der Waals surface area contributed by atoms with Gasteiger partial charge in [0.1, 0.15) is 0 Å². The zero-order valence-electron chi connectivity index (χ0n) is 10.9. The zero-order chi connectivity index (χ0) is 13.8. The molecule has 0 spiro atoms. The van der Waals surface area contributed by atoms with Gasteiger partial charge >= 0.3 is 0 Å². The molecule has 2 aromatic carbocycles. The summed E-state index contributed by atoms with van der Waals surface area (Å²) in [7, 11) is 0. The van der Waals surface area contributed by atoms with E-state index in [9.17, 15) is 0 Å². The van der Waals surface area contributed by atoms with Crippen LogP contribution in [0.15, 0.2) is 46.9 Å². The average molecular weight is 339 g/mol. The van der Waals surface area contributed by atoms with E-state index >= 15 is 0 Å². The molecule has 0 aliphatic rings. The predicted molar refractivity (Wildman–Crippen MR) is 85.6 cm³/mol. The van der Waals surface area contributed by atoms with E-state index in [4.69, 9.17) is 17.3 Å². The van der Waals surface area contributed by atoms with E-state index in [0.29, 0.717) is 5.02 Å². The molecule has 100 valence electrons. The van der Waals surface area contributed by atoms with Gasteiger partial charge < -0.3 is 5.73 Å². The van der Waals surface area contributed by atoms with Gasteiger partial charge in [-0.05, 0) is 41.3 Å². The van der Waals surface area contributed by atoms with Gasteiger partial charge in [0, 0.05) is 9.50 Å². The van der Waals surface area contributed by atoms with E-state index in [-0.39, 0.29) is 6.04 Å². The van der Waals surface area contributed by atoms with Crippen molar-refractivity contribution in [2.45, 2.75) is 25.8 Å². The molecule has 0 bridgehead atoms. The lowest BCUT2D eigenvalue weighted by molar-refractivity contribution is 0.858. The second-order valence-corrected chi connectivity index (χ2v) is 6.03. The van der Waals surface area contributed by atoms with Gasteiger partial charge in [0.25, 0.3) is 0 Å². The number of hydrogen-bond donors (Lipinski definition) is 1. The molecule has 1 unspecified atom stereocenters. The number of nitrogens with two attached hydrogens (primary N) is 1. The van der Waals surface area contributed by atoms with Crippen LogP contribution in [0.2, 0.25) is 5.02 Å². The topological polar surface area (TPSA) is 26.0 Å². The van der Waals surface area contributed by atoms with Crippen LogP contribution in [-0.4, -0.2) is 0 Å². The maximum absolute atomic E-state index is 6.34. The molecular formula is C16H17BrClN. The molecule has 2 rings (SSSR count). The van der Waals surface area contributed by atoms with E-state index in [0.717, 1.165) is 28.4 Å². The first kappa shape index (κ1) is 14.6. The Morgan fingerprint density at radius 2 is 1.95 bits per heavy atom. The van der Waals surface area contributed by atoms with Gasteiger partial charge in [-0.2, -0.15) is 0 Å². The number of hydrogen-bond acceptors (Lipinski definition) is 1. The van der Waals surface area contributed by atoms with E-state index in [2.05, 4.69) is 47.1 Å². The molecule has 1 atom stereocenters. The van der Waals surface area contributed by atoms with Gasteiger partial charge in [0.05, 0.1) is 6.04 Å². The first-order valence-corrected chi connectivity index (χ1v) is 7.57. The normalized spacial score (nSPS) is 12.4. The number of rotatable bonds is 4. The first-order chi connectivity index (χ1) is 9.10. The molecule has 0 aliphatic heterocycles. The van der Waals surface area contributed by atoms with Gasteiger partial charge in [-0.15, -0.1) is 0 Å². The zero-order valence-corrected chi connectivity index (χ0v) is 13.2. The summed E-state index contributed by atoms with van der Waals surface area (Å²) in [5, 5.41) is 0.699. The van der Waals surface area contributed by atoms with Crippen molar-refractivity contribution in [1.82, 2.24) is 0 Å². The van der Waals surface area contributed by atoms with Crippen LogP contribution < -0.4 is 5.73 Å². The Labute approximate surface area is 127 Å². The largest absolute Gasteiger partial charge is 0.320 e. The number of benzene rings is 2. The van der Waals surface area contributed by atoms with Gasteiger partial charge in [-0.3, -0.25) is 0 Å². The molecule has 0 fully saturated rings. The molecule has 19 heavy (non-hydrogen) atoms. The minimum Gasteiger partial charge on any atom is -0.320 e. The highest BCUT2D eigenvalue weighted by molar-refractivity contribution is 9.10. The number of aryl methyl sites for hydroxylation is 1. The fraction of sp³-hybridized carbons (Fsp3) is 0.250. The molecule has 0 radical (unpaired) electrons. The van der Waals surface area contributed by atoms with E-state index < -0.39 is 0 Å². The molecule has 2 aromatic rings. The quantitative estimate of drug-likeness (QED) is 0.824. The molecule has 0 aliphatic carbocycles. The van der Waals surface area contributed by atoms with Gasteiger partial charge in [-0.25, -0.2) is 0 Å². The molecule has 2 N–H and O–H groups in total. The lowest BCUT2D eigenvalue weighted by atomic mass is 9.97. The lowest BCUT2D eigenvalue weighted by Gasteiger charge is -2.14. The van der Waals surface area contributed by atoms with Crippen LogP contribution >= 0.6 is 27.5 Å². The summed E-state index contributed by atoms with van der Waals surface area (Å²) in [4.78, 5) is 0. The summed E-state index contributed by atoms with van der Waals surface area (Å²) in [6, 6.07) is 14.1. The highest BCUT2D eigenvalue weighted by Gasteiger charge is 2.10. The third kappa shape index (κ3) is 3.82. The van der Waals surface area contributed by atoms with Crippen LogP contribution in [0.4, 0.5) is 0 Å². The second-order valence-electron chi connectivity index (χ2n) is 4.68. The minimum atomic E-state index is -0.146. The van der Waals surface area contributed by atoms with Crippen LogP contribution in [-0.2, 0) is 6.42 Å². The van der Waals surface area contributed by atoms with Gasteiger partial charge in [0.2, 0.25) is 0 Å². The third-order valence-electron chi connectivity index (χ3n) is 3.09. The van der Waals surface area contributed by atoms with E-state index in [1.807, 2.05) is 18.2 Å². The third-order valence-corrected chi connectivity index (χ3v) is 3.77. The van der Waals surface area contributed by atoms with Crippen molar-refractivity contribution in [2.24, 2.45) is 5.73 Å². The SMILES string of the molecule is CCCc1cccc(C(N)c2cc(Cl)cc(Br)c2)c1.